The molecule has 2 aromatic heterocycles. The first-order chi connectivity index (χ1) is 10.2. The van der Waals surface area contributed by atoms with Crippen LogP contribution in [0.15, 0.2) is 40.3 Å². The predicted octanol–water partition coefficient (Wildman–Crippen LogP) is 4.76. The number of aromatic nitrogens is 2. The Morgan fingerprint density at radius 1 is 1.24 bits per heavy atom. The molecule has 0 aliphatic rings. The monoisotopic (exact) mass is 315 g/mol. The summed E-state index contributed by atoms with van der Waals surface area (Å²) in [5, 5.41) is 5.24. The van der Waals surface area contributed by atoms with Crippen molar-refractivity contribution in [2.45, 2.75) is 30.2 Å². The quantitative estimate of drug-likeness (QED) is 0.705. The summed E-state index contributed by atoms with van der Waals surface area (Å²) in [6, 6.07) is 10.6. The molecular weight excluding hydrogens is 298 g/mol. The van der Waals surface area contributed by atoms with Crippen molar-refractivity contribution in [3.63, 3.8) is 0 Å². The first-order valence-electron chi connectivity index (χ1n) is 6.93. The second kappa shape index (κ2) is 6.03. The molecule has 0 unspecified atom stereocenters. The lowest BCUT2D eigenvalue weighted by molar-refractivity contribution is 1.10. The van der Waals surface area contributed by atoms with Gasteiger partial charge in [0.2, 0.25) is 5.95 Å². The van der Waals surface area contributed by atoms with E-state index in [9.17, 15) is 0 Å². The molecule has 0 aliphatic carbocycles. The van der Waals surface area contributed by atoms with E-state index in [0.29, 0.717) is 5.95 Å². The van der Waals surface area contributed by atoms with Gasteiger partial charge in [-0.2, -0.15) is 0 Å². The van der Waals surface area contributed by atoms with Gasteiger partial charge in [-0.25, -0.2) is 9.97 Å². The third-order valence-electron chi connectivity index (χ3n) is 3.28. The number of benzene rings is 1. The van der Waals surface area contributed by atoms with Crippen LogP contribution >= 0.6 is 23.1 Å². The highest BCUT2D eigenvalue weighted by Gasteiger charge is 2.13. The Morgan fingerprint density at radius 3 is 2.76 bits per heavy atom. The fourth-order valence-corrected chi connectivity index (χ4v) is 4.10. The average Bonchev–Trinajstić information content (AvgIpc) is 2.92. The van der Waals surface area contributed by atoms with Gasteiger partial charge in [-0.05, 0) is 31.0 Å². The molecule has 1 N–H and O–H groups in total. The van der Waals surface area contributed by atoms with Gasteiger partial charge in [0.25, 0.3) is 0 Å². The molecule has 108 valence electrons. The number of anilines is 1. The number of nitrogens with one attached hydrogen (secondary N) is 1. The van der Waals surface area contributed by atoms with Crippen LogP contribution in [-0.4, -0.2) is 17.0 Å². The highest BCUT2D eigenvalue weighted by molar-refractivity contribution is 7.99. The molecule has 3 nitrogen and oxygen atoms in total. The molecule has 0 saturated carbocycles. The van der Waals surface area contributed by atoms with Crippen LogP contribution in [0.25, 0.3) is 10.2 Å². The predicted molar refractivity (Wildman–Crippen MR) is 91.6 cm³/mol. The van der Waals surface area contributed by atoms with Crippen molar-refractivity contribution in [2.24, 2.45) is 0 Å². The first-order valence-corrected chi connectivity index (χ1v) is 8.56. The van der Waals surface area contributed by atoms with E-state index in [1.54, 1.807) is 23.1 Å². The summed E-state index contributed by atoms with van der Waals surface area (Å²) < 4.78 is 0. The number of rotatable bonds is 4. The van der Waals surface area contributed by atoms with Gasteiger partial charge in [0.05, 0.1) is 0 Å². The molecule has 0 aliphatic heterocycles. The summed E-state index contributed by atoms with van der Waals surface area (Å²) >= 11 is 3.46. The first kappa shape index (κ1) is 14.4. The van der Waals surface area contributed by atoms with Crippen LogP contribution in [0.3, 0.4) is 0 Å². The minimum absolute atomic E-state index is 0.683. The summed E-state index contributed by atoms with van der Waals surface area (Å²) in [7, 11) is 1.86. The Kier molecular flexibility index (Phi) is 4.12. The SMILES string of the molecule is CCc1cc2c(Sc3ccccc3C)nc(NC)nc2s1. The second-order valence-corrected chi connectivity index (χ2v) is 6.90. The van der Waals surface area contributed by atoms with Crippen molar-refractivity contribution in [2.75, 3.05) is 12.4 Å². The maximum absolute atomic E-state index is 4.65. The lowest BCUT2D eigenvalue weighted by Crippen LogP contribution is -1.97. The number of thiophene rings is 1. The molecule has 0 bridgehead atoms. The van der Waals surface area contributed by atoms with Crippen molar-refractivity contribution in [1.29, 1.82) is 0 Å². The van der Waals surface area contributed by atoms with Crippen LogP contribution in [0, 0.1) is 6.92 Å². The van der Waals surface area contributed by atoms with Gasteiger partial charge >= 0.3 is 0 Å². The van der Waals surface area contributed by atoms with E-state index in [1.807, 2.05) is 7.05 Å². The molecule has 0 amide bonds. The molecule has 0 spiro atoms. The minimum Gasteiger partial charge on any atom is -0.357 e. The molecule has 3 rings (SSSR count). The normalized spacial score (nSPS) is 11.0. The van der Waals surface area contributed by atoms with Crippen LogP contribution in [-0.2, 0) is 6.42 Å². The Labute approximate surface area is 132 Å². The molecule has 2 heterocycles. The largest absolute Gasteiger partial charge is 0.357 e. The molecule has 0 fully saturated rings. The fourth-order valence-electron chi connectivity index (χ4n) is 2.08. The van der Waals surface area contributed by atoms with E-state index < -0.39 is 0 Å². The molecule has 1 aromatic carbocycles. The Bertz CT molecular complexity index is 780. The Morgan fingerprint density at radius 2 is 2.05 bits per heavy atom. The smallest absolute Gasteiger partial charge is 0.224 e. The van der Waals surface area contributed by atoms with Gasteiger partial charge in [0.15, 0.2) is 0 Å². The molecule has 0 saturated heterocycles. The second-order valence-electron chi connectivity index (χ2n) is 4.76. The summed E-state index contributed by atoms with van der Waals surface area (Å²) in [5.74, 6) is 0.683. The Hall–Kier alpha value is -1.59. The van der Waals surface area contributed by atoms with Gasteiger partial charge in [-0.1, -0.05) is 36.9 Å². The van der Waals surface area contributed by atoms with E-state index in [1.165, 1.54) is 15.3 Å². The summed E-state index contributed by atoms with van der Waals surface area (Å²) in [6.45, 7) is 4.30. The lowest BCUT2D eigenvalue weighted by atomic mass is 10.2. The molecule has 3 aromatic rings. The van der Waals surface area contributed by atoms with Gasteiger partial charge in [0, 0.05) is 22.2 Å². The van der Waals surface area contributed by atoms with Gasteiger partial charge < -0.3 is 5.32 Å². The van der Waals surface area contributed by atoms with Crippen LogP contribution in [0.2, 0.25) is 0 Å². The maximum atomic E-state index is 4.65. The topological polar surface area (TPSA) is 37.8 Å². The minimum atomic E-state index is 0.683. The Balaban J connectivity index is 2.11. The van der Waals surface area contributed by atoms with E-state index in [0.717, 1.165) is 21.7 Å². The molecular formula is C16H17N3S2. The zero-order valence-electron chi connectivity index (χ0n) is 12.3. The number of fused-ring (bicyclic) bond motifs is 1. The molecule has 0 atom stereocenters. The van der Waals surface area contributed by atoms with Crippen molar-refractivity contribution in [3.8, 4) is 0 Å². The number of nitrogens with zero attached hydrogens (tertiary/aromatic N) is 2. The van der Waals surface area contributed by atoms with E-state index in [2.05, 4.69) is 59.5 Å². The van der Waals surface area contributed by atoms with E-state index in [-0.39, 0.29) is 0 Å². The number of aryl methyl sites for hydroxylation is 2. The molecule has 5 heteroatoms. The van der Waals surface area contributed by atoms with Gasteiger partial charge in [0.1, 0.15) is 9.86 Å². The van der Waals surface area contributed by atoms with Crippen LogP contribution in [0.5, 0.6) is 0 Å². The zero-order valence-corrected chi connectivity index (χ0v) is 13.9. The lowest BCUT2D eigenvalue weighted by Gasteiger charge is -2.07. The van der Waals surface area contributed by atoms with E-state index >= 15 is 0 Å². The highest BCUT2D eigenvalue weighted by Crippen LogP contribution is 2.37. The number of hydrogen-bond donors (Lipinski definition) is 1. The van der Waals surface area contributed by atoms with Crippen molar-refractivity contribution in [3.05, 3.63) is 40.8 Å². The van der Waals surface area contributed by atoms with Crippen LogP contribution < -0.4 is 5.32 Å². The van der Waals surface area contributed by atoms with Crippen LogP contribution in [0.1, 0.15) is 17.4 Å². The molecule has 21 heavy (non-hydrogen) atoms. The summed E-state index contributed by atoms with van der Waals surface area (Å²) in [4.78, 5) is 12.9. The van der Waals surface area contributed by atoms with Crippen molar-refractivity contribution in [1.82, 2.24) is 9.97 Å². The third kappa shape index (κ3) is 2.89. The third-order valence-corrected chi connectivity index (χ3v) is 5.64. The average molecular weight is 315 g/mol. The van der Waals surface area contributed by atoms with E-state index in [4.69, 9.17) is 0 Å². The fraction of sp³-hybridized carbons (Fsp3) is 0.250. The zero-order chi connectivity index (χ0) is 14.8. The molecule has 0 radical (unpaired) electrons. The van der Waals surface area contributed by atoms with Gasteiger partial charge in [-0.15, -0.1) is 11.3 Å². The summed E-state index contributed by atoms with van der Waals surface area (Å²) in [6.07, 6.45) is 1.03. The van der Waals surface area contributed by atoms with Gasteiger partial charge in [-0.3, -0.25) is 0 Å². The maximum Gasteiger partial charge on any atom is 0.224 e. The van der Waals surface area contributed by atoms with Crippen molar-refractivity contribution < 1.29 is 0 Å². The van der Waals surface area contributed by atoms with Crippen LogP contribution in [0.4, 0.5) is 5.95 Å². The number of hydrogen-bond acceptors (Lipinski definition) is 5. The highest BCUT2D eigenvalue weighted by atomic mass is 32.2. The van der Waals surface area contributed by atoms with Crippen molar-refractivity contribution >= 4 is 39.3 Å². The standard InChI is InChI=1S/C16H17N3S2/c1-4-11-9-12-14(20-11)18-16(17-3)19-15(12)21-13-8-6-5-7-10(13)2/h5-9H,4H2,1-3H3,(H,17,18,19). The summed E-state index contributed by atoms with van der Waals surface area (Å²) in [5.41, 5.74) is 1.27.